The molecule has 0 aliphatic carbocycles. The Morgan fingerprint density at radius 2 is 1.88 bits per heavy atom. The lowest BCUT2D eigenvalue weighted by atomic mass is 10.1. The third-order valence-corrected chi connectivity index (χ3v) is 7.11. The number of imidazole rings is 1. The standard InChI is InChI=1S/C17H26N3O4P/c1-6-22-25(21,23-7-2)17-10-16(24-19(17)5)20-11-18-14-8-12(3)13(4)9-15(14)20/h8-9,11,16-17H,6-7,10H2,1-5H3/t16-,17-/m0/s1. The Hall–Kier alpha value is -1.24. The van der Waals surface area contributed by atoms with Gasteiger partial charge in [-0.25, -0.2) is 4.98 Å². The van der Waals surface area contributed by atoms with Gasteiger partial charge in [-0.3, -0.25) is 9.40 Å². The van der Waals surface area contributed by atoms with Gasteiger partial charge in [0.15, 0.2) is 6.23 Å². The fraction of sp³-hybridized carbons (Fsp3) is 0.588. The SMILES string of the molecule is CCOP(=O)(OCC)[C@H]1C[C@@H](n2cnc3cc(C)c(C)cc32)ON1C. The van der Waals surface area contributed by atoms with Crippen LogP contribution in [-0.4, -0.2) is 40.7 Å². The minimum atomic E-state index is -3.27. The van der Waals surface area contributed by atoms with Gasteiger partial charge in [0.2, 0.25) is 0 Å². The van der Waals surface area contributed by atoms with Crippen molar-refractivity contribution >= 4 is 18.6 Å². The summed E-state index contributed by atoms with van der Waals surface area (Å²) >= 11 is 0. The van der Waals surface area contributed by atoms with E-state index < -0.39 is 13.4 Å². The van der Waals surface area contributed by atoms with Gasteiger partial charge in [-0.15, -0.1) is 0 Å². The van der Waals surface area contributed by atoms with Crippen molar-refractivity contribution in [1.82, 2.24) is 14.6 Å². The predicted octanol–water partition coefficient (Wildman–Crippen LogP) is 4.01. The quantitative estimate of drug-likeness (QED) is 0.719. The summed E-state index contributed by atoms with van der Waals surface area (Å²) in [5.41, 5.74) is 4.34. The van der Waals surface area contributed by atoms with Crippen LogP contribution in [0.15, 0.2) is 18.5 Å². The maximum absolute atomic E-state index is 13.1. The first-order valence-electron chi connectivity index (χ1n) is 8.61. The first-order chi connectivity index (χ1) is 11.9. The second-order valence-corrected chi connectivity index (χ2v) is 8.47. The van der Waals surface area contributed by atoms with Gasteiger partial charge < -0.3 is 13.6 Å². The highest BCUT2D eigenvalue weighted by Crippen LogP contribution is 2.58. The van der Waals surface area contributed by atoms with Gasteiger partial charge in [-0.1, -0.05) is 0 Å². The van der Waals surface area contributed by atoms with E-state index in [0.29, 0.717) is 19.6 Å². The molecule has 1 aliphatic rings. The molecule has 0 amide bonds. The molecule has 2 atom stereocenters. The van der Waals surface area contributed by atoms with Crippen LogP contribution in [0.3, 0.4) is 0 Å². The third kappa shape index (κ3) is 3.39. The molecular formula is C17H26N3O4P. The minimum absolute atomic E-state index is 0.295. The zero-order valence-corrected chi connectivity index (χ0v) is 16.3. The zero-order chi connectivity index (χ0) is 18.2. The van der Waals surface area contributed by atoms with E-state index in [1.165, 1.54) is 11.1 Å². The van der Waals surface area contributed by atoms with Crippen LogP contribution in [0.5, 0.6) is 0 Å². The maximum atomic E-state index is 13.1. The maximum Gasteiger partial charge on any atom is 0.350 e. The van der Waals surface area contributed by atoms with Crippen molar-refractivity contribution in [3.8, 4) is 0 Å². The van der Waals surface area contributed by atoms with Crippen molar-refractivity contribution in [2.45, 2.75) is 46.1 Å². The summed E-state index contributed by atoms with van der Waals surface area (Å²) in [5, 5.41) is 1.60. The number of benzene rings is 1. The van der Waals surface area contributed by atoms with E-state index in [1.54, 1.807) is 18.4 Å². The van der Waals surface area contributed by atoms with Crippen LogP contribution < -0.4 is 0 Å². The molecule has 3 rings (SSSR count). The van der Waals surface area contributed by atoms with Gasteiger partial charge in [0.25, 0.3) is 0 Å². The third-order valence-electron chi connectivity index (χ3n) is 4.60. The van der Waals surface area contributed by atoms with E-state index in [1.807, 2.05) is 18.4 Å². The number of fused-ring (bicyclic) bond motifs is 1. The second-order valence-electron chi connectivity index (χ2n) is 6.27. The molecule has 1 saturated heterocycles. The van der Waals surface area contributed by atoms with Crippen molar-refractivity contribution in [1.29, 1.82) is 0 Å². The highest BCUT2D eigenvalue weighted by molar-refractivity contribution is 7.54. The Morgan fingerprint density at radius 3 is 2.52 bits per heavy atom. The Bertz CT molecular complexity index is 797. The Labute approximate surface area is 148 Å². The minimum Gasteiger partial charge on any atom is -0.308 e. The molecule has 138 valence electrons. The molecular weight excluding hydrogens is 341 g/mol. The lowest BCUT2D eigenvalue weighted by Crippen LogP contribution is -2.25. The smallest absolute Gasteiger partial charge is 0.308 e. The van der Waals surface area contributed by atoms with Crippen molar-refractivity contribution in [2.24, 2.45) is 0 Å². The number of aromatic nitrogens is 2. The van der Waals surface area contributed by atoms with Crippen LogP contribution in [0, 0.1) is 13.8 Å². The Morgan fingerprint density at radius 1 is 1.24 bits per heavy atom. The summed E-state index contributed by atoms with van der Waals surface area (Å²) in [7, 11) is -1.51. The first kappa shape index (κ1) is 18.5. The lowest BCUT2D eigenvalue weighted by Gasteiger charge is -2.25. The van der Waals surface area contributed by atoms with E-state index in [0.717, 1.165) is 11.0 Å². The molecule has 1 aliphatic heterocycles. The van der Waals surface area contributed by atoms with Crippen LogP contribution in [0.1, 0.15) is 37.6 Å². The lowest BCUT2D eigenvalue weighted by molar-refractivity contribution is -0.157. The van der Waals surface area contributed by atoms with Crippen molar-refractivity contribution in [2.75, 3.05) is 20.3 Å². The number of aryl methyl sites for hydroxylation is 2. The Kier molecular flexibility index (Phi) is 5.32. The molecule has 0 spiro atoms. The number of nitrogens with zero attached hydrogens (tertiary/aromatic N) is 3. The molecule has 2 aromatic rings. The van der Waals surface area contributed by atoms with Crippen LogP contribution in [0.25, 0.3) is 11.0 Å². The highest BCUT2D eigenvalue weighted by atomic mass is 31.2. The molecule has 0 N–H and O–H groups in total. The average Bonchev–Trinajstić information content (AvgIpc) is 3.12. The van der Waals surface area contributed by atoms with Crippen LogP contribution in [0.2, 0.25) is 0 Å². The van der Waals surface area contributed by atoms with Crippen LogP contribution >= 0.6 is 7.60 Å². The van der Waals surface area contributed by atoms with E-state index >= 15 is 0 Å². The van der Waals surface area contributed by atoms with E-state index in [-0.39, 0.29) is 6.23 Å². The molecule has 0 saturated carbocycles. The number of hydrogen-bond acceptors (Lipinski definition) is 6. The molecule has 1 aromatic carbocycles. The van der Waals surface area contributed by atoms with Crippen LogP contribution in [0.4, 0.5) is 0 Å². The summed E-state index contributed by atoms with van der Waals surface area (Å²) in [5.74, 6) is -0.443. The number of rotatable bonds is 6. The molecule has 0 bridgehead atoms. The van der Waals surface area contributed by atoms with Gasteiger partial charge in [0, 0.05) is 13.5 Å². The second kappa shape index (κ2) is 7.17. The normalized spacial score (nSPS) is 22.1. The first-order valence-corrected chi connectivity index (χ1v) is 10.2. The molecule has 2 heterocycles. The molecule has 0 unspecified atom stereocenters. The Balaban J connectivity index is 1.91. The summed E-state index contributed by atoms with van der Waals surface area (Å²) in [6.07, 6.45) is 1.99. The number of hydrogen-bond donors (Lipinski definition) is 0. The molecule has 1 fully saturated rings. The fourth-order valence-corrected chi connectivity index (χ4v) is 5.24. The largest absolute Gasteiger partial charge is 0.350 e. The van der Waals surface area contributed by atoms with E-state index in [2.05, 4.69) is 31.0 Å². The van der Waals surface area contributed by atoms with Gasteiger partial charge in [-0.2, -0.15) is 5.06 Å². The summed E-state index contributed by atoms with van der Waals surface area (Å²) in [6.45, 7) is 8.44. The van der Waals surface area contributed by atoms with Crippen molar-refractivity contribution < 1.29 is 18.5 Å². The van der Waals surface area contributed by atoms with Crippen molar-refractivity contribution in [3.63, 3.8) is 0 Å². The number of hydroxylamine groups is 2. The molecule has 1 aromatic heterocycles. The van der Waals surface area contributed by atoms with Gasteiger partial charge >= 0.3 is 7.60 Å². The monoisotopic (exact) mass is 367 g/mol. The van der Waals surface area contributed by atoms with Gasteiger partial charge in [-0.05, 0) is 51.0 Å². The zero-order valence-electron chi connectivity index (χ0n) is 15.4. The molecule has 8 heteroatoms. The predicted molar refractivity (Wildman–Crippen MR) is 96.4 cm³/mol. The average molecular weight is 367 g/mol. The van der Waals surface area contributed by atoms with Crippen molar-refractivity contribution in [3.05, 3.63) is 29.6 Å². The summed E-state index contributed by atoms with van der Waals surface area (Å²) < 4.78 is 26.1. The fourth-order valence-electron chi connectivity index (χ4n) is 3.21. The van der Waals surface area contributed by atoms with E-state index in [4.69, 9.17) is 13.9 Å². The van der Waals surface area contributed by atoms with Crippen LogP contribution in [-0.2, 0) is 18.5 Å². The molecule has 7 nitrogen and oxygen atoms in total. The van der Waals surface area contributed by atoms with E-state index in [9.17, 15) is 4.57 Å². The van der Waals surface area contributed by atoms with Gasteiger partial charge in [0.1, 0.15) is 5.78 Å². The highest BCUT2D eigenvalue weighted by Gasteiger charge is 2.46. The molecule has 25 heavy (non-hydrogen) atoms. The topological polar surface area (TPSA) is 65.8 Å². The van der Waals surface area contributed by atoms with Gasteiger partial charge in [0.05, 0.1) is 30.6 Å². The molecule has 0 radical (unpaired) electrons. The summed E-state index contributed by atoms with van der Waals surface area (Å²) in [4.78, 5) is 10.4. The summed E-state index contributed by atoms with van der Waals surface area (Å²) in [6, 6.07) is 4.18.